The van der Waals surface area contributed by atoms with Crippen molar-refractivity contribution in [2.75, 3.05) is 0 Å². The van der Waals surface area contributed by atoms with E-state index in [0.717, 1.165) is 18.4 Å². The normalized spacial score (nSPS) is 10.2. The zero-order chi connectivity index (χ0) is 12.5. The monoisotopic (exact) mass is 228 g/mol. The first kappa shape index (κ1) is 13.8. The van der Waals surface area contributed by atoms with Crippen LogP contribution >= 0.6 is 0 Å². The number of benzene rings is 1. The summed E-state index contributed by atoms with van der Waals surface area (Å²) in [5, 5.41) is 0. The molecule has 92 valence electrons. The van der Waals surface area contributed by atoms with Crippen LogP contribution in [0, 0.1) is 0 Å². The third-order valence-corrected chi connectivity index (χ3v) is 3.06. The maximum absolute atomic E-state index is 3.94. The minimum atomic E-state index is 1.06. The fraction of sp³-hybridized carbons (Fsp3) is 0.412. The van der Waals surface area contributed by atoms with Crippen LogP contribution in [0.3, 0.4) is 0 Å². The van der Waals surface area contributed by atoms with E-state index < -0.39 is 0 Å². The standard InChI is InChI=1S/C17H24/c1-4-6-10-16-12-8-13-17(14-16)11-7-9-15(3)5-2/h5,8,12-14H,2-4,6-7,9-11H2,1H3. The molecule has 0 atom stereocenters. The van der Waals surface area contributed by atoms with Gasteiger partial charge in [0, 0.05) is 0 Å². The largest absolute Gasteiger partial charge is 0.0988 e. The molecule has 0 nitrogen and oxygen atoms in total. The van der Waals surface area contributed by atoms with Crippen LogP contribution < -0.4 is 0 Å². The lowest BCUT2D eigenvalue weighted by atomic mass is 10.0. The summed E-state index contributed by atoms with van der Waals surface area (Å²) in [5.74, 6) is 0. The Kier molecular flexibility index (Phi) is 6.39. The summed E-state index contributed by atoms with van der Waals surface area (Å²) in [4.78, 5) is 0. The van der Waals surface area contributed by atoms with E-state index in [-0.39, 0.29) is 0 Å². The first-order valence-electron chi connectivity index (χ1n) is 6.64. The SMILES string of the molecule is C=CC(=C)CCCc1cccc(CCCC)c1. The molecule has 1 aromatic carbocycles. The van der Waals surface area contributed by atoms with Crippen molar-refractivity contribution in [3.63, 3.8) is 0 Å². The predicted octanol–water partition coefficient (Wildman–Crippen LogP) is 5.09. The zero-order valence-corrected chi connectivity index (χ0v) is 11.0. The smallest absolute Gasteiger partial charge is 0.0276 e. The molecule has 0 unspecified atom stereocenters. The second-order valence-electron chi connectivity index (χ2n) is 4.64. The highest BCUT2D eigenvalue weighted by atomic mass is 14.0. The van der Waals surface area contributed by atoms with Crippen LogP contribution in [-0.2, 0) is 12.8 Å². The van der Waals surface area contributed by atoms with Crippen LogP contribution in [-0.4, -0.2) is 0 Å². The number of aryl methyl sites for hydroxylation is 2. The van der Waals surface area contributed by atoms with Gasteiger partial charge in [-0.1, -0.05) is 62.4 Å². The quantitative estimate of drug-likeness (QED) is 0.543. The molecule has 0 aromatic heterocycles. The van der Waals surface area contributed by atoms with Gasteiger partial charge in [0.1, 0.15) is 0 Å². The van der Waals surface area contributed by atoms with Gasteiger partial charge in [-0.05, 0) is 43.2 Å². The number of unbranched alkanes of at least 4 members (excludes halogenated alkanes) is 1. The highest BCUT2D eigenvalue weighted by molar-refractivity contribution is 5.24. The van der Waals surface area contributed by atoms with E-state index in [4.69, 9.17) is 0 Å². The number of hydrogen-bond donors (Lipinski definition) is 0. The van der Waals surface area contributed by atoms with Crippen LogP contribution in [0.4, 0.5) is 0 Å². The summed E-state index contributed by atoms with van der Waals surface area (Å²) in [7, 11) is 0. The summed E-state index contributed by atoms with van der Waals surface area (Å²) >= 11 is 0. The van der Waals surface area contributed by atoms with Crippen LogP contribution in [0.5, 0.6) is 0 Å². The molecule has 0 aliphatic rings. The van der Waals surface area contributed by atoms with Gasteiger partial charge in [0.05, 0.1) is 0 Å². The number of hydrogen-bond acceptors (Lipinski definition) is 0. The molecule has 0 N–H and O–H groups in total. The van der Waals surface area contributed by atoms with E-state index in [0.29, 0.717) is 0 Å². The molecule has 1 aromatic rings. The van der Waals surface area contributed by atoms with Gasteiger partial charge in [-0.25, -0.2) is 0 Å². The summed E-state index contributed by atoms with van der Waals surface area (Å²) in [5.41, 5.74) is 4.08. The van der Waals surface area contributed by atoms with Crippen molar-refractivity contribution < 1.29 is 0 Å². The van der Waals surface area contributed by atoms with E-state index in [1.807, 2.05) is 6.08 Å². The Labute approximate surface area is 106 Å². The van der Waals surface area contributed by atoms with Crippen molar-refractivity contribution in [2.45, 2.75) is 45.4 Å². The third kappa shape index (κ3) is 5.53. The summed E-state index contributed by atoms with van der Waals surface area (Å²) in [6, 6.07) is 9.00. The first-order chi connectivity index (χ1) is 8.26. The van der Waals surface area contributed by atoms with E-state index in [9.17, 15) is 0 Å². The zero-order valence-electron chi connectivity index (χ0n) is 11.0. The molecule has 0 heteroatoms. The molecule has 0 spiro atoms. The van der Waals surface area contributed by atoms with Gasteiger partial charge in [0.25, 0.3) is 0 Å². The van der Waals surface area contributed by atoms with Crippen molar-refractivity contribution in [2.24, 2.45) is 0 Å². The lowest BCUT2D eigenvalue weighted by molar-refractivity contribution is 0.788. The highest BCUT2D eigenvalue weighted by Crippen LogP contribution is 2.13. The molecule has 0 amide bonds. The minimum Gasteiger partial charge on any atom is -0.0988 e. The van der Waals surface area contributed by atoms with E-state index in [2.05, 4.69) is 44.3 Å². The molecule has 1 rings (SSSR count). The van der Waals surface area contributed by atoms with Crippen LogP contribution in [0.15, 0.2) is 49.1 Å². The van der Waals surface area contributed by atoms with Gasteiger partial charge in [-0.2, -0.15) is 0 Å². The average Bonchev–Trinajstić information content (AvgIpc) is 2.36. The molecule has 0 saturated carbocycles. The highest BCUT2D eigenvalue weighted by Gasteiger charge is 1.97. The van der Waals surface area contributed by atoms with Gasteiger partial charge in [0.2, 0.25) is 0 Å². The lowest BCUT2D eigenvalue weighted by Gasteiger charge is -2.05. The van der Waals surface area contributed by atoms with E-state index in [1.54, 1.807) is 0 Å². The topological polar surface area (TPSA) is 0 Å². The Morgan fingerprint density at radius 1 is 1.18 bits per heavy atom. The second-order valence-corrected chi connectivity index (χ2v) is 4.64. The van der Waals surface area contributed by atoms with E-state index in [1.165, 1.54) is 36.8 Å². The maximum Gasteiger partial charge on any atom is -0.0276 e. The molecule has 0 aliphatic carbocycles. The average molecular weight is 228 g/mol. The molecule has 0 saturated heterocycles. The van der Waals surface area contributed by atoms with Crippen LogP contribution in [0.1, 0.15) is 43.7 Å². The fourth-order valence-corrected chi connectivity index (χ4v) is 1.94. The third-order valence-electron chi connectivity index (χ3n) is 3.06. The maximum atomic E-state index is 3.94. The molecule has 0 heterocycles. The summed E-state index contributed by atoms with van der Waals surface area (Å²) < 4.78 is 0. The predicted molar refractivity (Wildman–Crippen MR) is 77.3 cm³/mol. The molecule has 0 aliphatic heterocycles. The molecular formula is C17H24. The lowest BCUT2D eigenvalue weighted by Crippen LogP contribution is -1.90. The Hall–Kier alpha value is -1.30. The molecule has 0 bridgehead atoms. The molecule has 17 heavy (non-hydrogen) atoms. The Bertz CT molecular complexity index is 360. The first-order valence-corrected chi connectivity index (χ1v) is 6.64. The van der Waals surface area contributed by atoms with Gasteiger partial charge < -0.3 is 0 Å². The van der Waals surface area contributed by atoms with Crippen molar-refractivity contribution in [1.82, 2.24) is 0 Å². The molecule has 0 radical (unpaired) electrons. The van der Waals surface area contributed by atoms with Gasteiger partial charge in [-0.3, -0.25) is 0 Å². The van der Waals surface area contributed by atoms with Gasteiger partial charge >= 0.3 is 0 Å². The van der Waals surface area contributed by atoms with Gasteiger partial charge in [0.15, 0.2) is 0 Å². The van der Waals surface area contributed by atoms with Gasteiger partial charge in [-0.15, -0.1) is 0 Å². The Balaban J connectivity index is 2.42. The summed E-state index contributed by atoms with van der Waals surface area (Å²) in [6.07, 6.45) is 9.00. The minimum absolute atomic E-state index is 1.06. The molecule has 0 fully saturated rings. The van der Waals surface area contributed by atoms with Crippen molar-refractivity contribution in [1.29, 1.82) is 0 Å². The Morgan fingerprint density at radius 3 is 2.41 bits per heavy atom. The fourth-order valence-electron chi connectivity index (χ4n) is 1.94. The number of allylic oxidation sites excluding steroid dienone is 2. The second kappa shape index (κ2) is 7.89. The van der Waals surface area contributed by atoms with Crippen molar-refractivity contribution in [3.8, 4) is 0 Å². The van der Waals surface area contributed by atoms with Crippen LogP contribution in [0.2, 0.25) is 0 Å². The molecular weight excluding hydrogens is 204 g/mol. The van der Waals surface area contributed by atoms with Crippen LogP contribution in [0.25, 0.3) is 0 Å². The number of rotatable bonds is 8. The van der Waals surface area contributed by atoms with Crippen molar-refractivity contribution >= 4 is 0 Å². The summed E-state index contributed by atoms with van der Waals surface area (Å²) in [6.45, 7) is 9.92. The van der Waals surface area contributed by atoms with E-state index >= 15 is 0 Å². The van der Waals surface area contributed by atoms with Crippen molar-refractivity contribution in [3.05, 3.63) is 60.2 Å². The Morgan fingerprint density at radius 2 is 1.82 bits per heavy atom.